The van der Waals surface area contributed by atoms with E-state index in [1.54, 1.807) is 24.5 Å². The molecule has 0 bridgehead atoms. The summed E-state index contributed by atoms with van der Waals surface area (Å²) in [6.07, 6.45) is 3.61. The Kier molecular flexibility index (Phi) is 5.00. The van der Waals surface area contributed by atoms with Crippen molar-refractivity contribution < 1.29 is 4.92 Å². The maximum Gasteiger partial charge on any atom is 0.269 e. The Morgan fingerprint density at radius 2 is 1.22 bits per heavy atom. The molecule has 3 aromatic carbocycles. The van der Waals surface area contributed by atoms with Crippen LogP contribution in [0.25, 0.3) is 55.4 Å². The maximum atomic E-state index is 11.2. The van der Waals surface area contributed by atoms with Crippen molar-refractivity contribution >= 4 is 27.5 Å². The Labute approximate surface area is 210 Å². The number of pyridine rings is 1. The quantitative estimate of drug-likeness (QED) is 0.214. The number of nitrogens with zero attached hydrogens (tertiary/aromatic N) is 4. The van der Waals surface area contributed by atoms with E-state index in [0.717, 1.165) is 32.9 Å². The van der Waals surface area contributed by atoms with E-state index < -0.39 is 4.92 Å². The van der Waals surface area contributed by atoms with E-state index in [1.165, 1.54) is 12.1 Å². The van der Waals surface area contributed by atoms with Crippen LogP contribution in [0.4, 0.5) is 5.69 Å². The Hall–Kier alpha value is -5.73. The molecule has 37 heavy (non-hydrogen) atoms. The van der Waals surface area contributed by atoms with Crippen molar-refractivity contribution in [1.29, 1.82) is 10.5 Å². The number of non-ortho nitro benzene ring substituents is 1. The number of para-hydroxylation sites is 2. The number of fused-ring (bicyclic) bond motifs is 2. The first-order valence-electron chi connectivity index (χ1n) is 11.4. The van der Waals surface area contributed by atoms with Crippen LogP contribution in [-0.4, -0.2) is 19.9 Å². The summed E-state index contributed by atoms with van der Waals surface area (Å²) >= 11 is 0. The summed E-state index contributed by atoms with van der Waals surface area (Å²) in [5, 5.41) is 33.7. The van der Waals surface area contributed by atoms with E-state index >= 15 is 0 Å². The number of aromatic amines is 2. The fraction of sp³-hybridized carbons (Fsp3) is 0. The average molecular weight is 480 g/mol. The van der Waals surface area contributed by atoms with Crippen LogP contribution >= 0.6 is 0 Å². The number of benzene rings is 3. The first kappa shape index (κ1) is 21.8. The molecule has 0 spiro atoms. The largest absolute Gasteiger partial charge is 0.360 e. The summed E-state index contributed by atoms with van der Waals surface area (Å²) in [7, 11) is 0. The molecule has 3 heterocycles. The second kappa shape index (κ2) is 8.49. The van der Waals surface area contributed by atoms with Gasteiger partial charge in [-0.25, -0.2) is 4.98 Å². The fourth-order valence-electron chi connectivity index (χ4n) is 4.77. The SMILES string of the molecule is N#Cc1c(-c2c[nH]c3ccccc23)nc(-c2c[nH]c3ccccc23)c(C#N)c1-c1ccc([N+](=O)[O-])cc1. The molecule has 3 aromatic heterocycles. The Morgan fingerprint density at radius 1 is 0.730 bits per heavy atom. The first-order valence-corrected chi connectivity index (χ1v) is 11.4. The summed E-state index contributed by atoms with van der Waals surface area (Å²) in [4.78, 5) is 22.2. The Morgan fingerprint density at radius 3 is 1.68 bits per heavy atom. The number of nitro benzene ring substituents is 1. The lowest BCUT2D eigenvalue weighted by Crippen LogP contribution is -2.01. The van der Waals surface area contributed by atoms with Crippen LogP contribution in [0.3, 0.4) is 0 Å². The van der Waals surface area contributed by atoms with Gasteiger partial charge >= 0.3 is 0 Å². The van der Waals surface area contributed by atoms with Crippen molar-refractivity contribution in [2.75, 3.05) is 0 Å². The van der Waals surface area contributed by atoms with E-state index in [-0.39, 0.29) is 16.8 Å². The second-order valence-corrected chi connectivity index (χ2v) is 8.46. The Bertz CT molecular complexity index is 1820. The molecule has 6 rings (SSSR count). The molecule has 0 fully saturated rings. The second-order valence-electron chi connectivity index (χ2n) is 8.46. The number of nitrogens with one attached hydrogen (secondary N) is 2. The van der Waals surface area contributed by atoms with Gasteiger partial charge < -0.3 is 9.97 Å². The average Bonchev–Trinajstić information content (AvgIpc) is 3.56. The van der Waals surface area contributed by atoms with E-state index in [2.05, 4.69) is 22.1 Å². The fourth-order valence-corrected chi connectivity index (χ4v) is 4.77. The number of hydrogen-bond donors (Lipinski definition) is 2. The van der Waals surface area contributed by atoms with E-state index in [9.17, 15) is 20.6 Å². The molecule has 8 nitrogen and oxygen atoms in total. The number of H-pyrrole nitrogens is 2. The highest BCUT2D eigenvalue weighted by Crippen LogP contribution is 2.42. The van der Waals surface area contributed by atoms with Crippen LogP contribution in [-0.2, 0) is 0 Å². The van der Waals surface area contributed by atoms with Gasteiger partial charge in [0.1, 0.15) is 12.1 Å². The lowest BCUT2D eigenvalue weighted by atomic mass is 9.89. The lowest BCUT2D eigenvalue weighted by molar-refractivity contribution is -0.384. The molecule has 2 N–H and O–H groups in total. The molecule has 0 radical (unpaired) electrons. The standard InChI is InChI=1S/C29H16N6O2/c30-13-21-27(17-9-11-18(12-10-17)35(36)37)22(14-31)29(24-16-33-26-8-4-2-6-20(24)26)34-28(21)23-15-32-25-7-3-1-5-19(23)25/h1-12,15-16,32-33H. The van der Waals surface area contributed by atoms with Crippen molar-refractivity contribution in [3.63, 3.8) is 0 Å². The third-order valence-corrected chi connectivity index (χ3v) is 6.48. The minimum absolute atomic E-state index is 0.0801. The number of nitro groups is 1. The number of hydrogen-bond acceptors (Lipinski definition) is 5. The first-order chi connectivity index (χ1) is 18.1. The minimum atomic E-state index is -0.485. The number of aromatic nitrogens is 3. The van der Waals surface area contributed by atoms with Gasteiger partial charge in [0.15, 0.2) is 0 Å². The van der Waals surface area contributed by atoms with Crippen LogP contribution in [0, 0.1) is 32.8 Å². The summed E-state index contributed by atoms with van der Waals surface area (Å²) in [6.45, 7) is 0. The minimum Gasteiger partial charge on any atom is -0.360 e. The van der Waals surface area contributed by atoms with Crippen molar-refractivity contribution in [3.8, 4) is 45.8 Å². The topological polar surface area (TPSA) is 135 Å². The molecule has 0 atom stereocenters. The molecular weight excluding hydrogens is 464 g/mol. The van der Waals surface area contributed by atoms with Gasteiger partial charge in [0, 0.05) is 63.0 Å². The van der Waals surface area contributed by atoms with Crippen molar-refractivity contribution in [2.24, 2.45) is 0 Å². The third-order valence-electron chi connectivity index (χ3n) is 6.48. The van der Waals surface area contributed by atoms with Gasteiger partial charge in [-0.15, -0.1) is 0 Å². The summed E-state index contributed by atoms with van der Waals surface area (Å²) in [5.41, 5.74) is 5.33. The van der Waals surface area contributed by atoms with Crippen molar-refractivity contribution in [1.82, 2.24) is 15.0 Å². The van der Waals surface area contributed by atoms with Gasteiger partial charge in [0.2, 0.25) is 0 Å². The highest BCUT2D eigenvalue weighted by molar-refractivity contribution is 6.02. The monoisotopic (exact) mass is 480 g/mol. The summed E-state index contributed by atoms with van der Waals surface area (Å²) in [5.74, 6) is 0. The van der Waals surface area contributed by atoms with Crippen LogP contribution in [0.1, 0.15) is 11.1 Å². The van der Waals surface area contributed by atoms with Crippen LogP contribution in [0.15, 0.2) is 85.2 Å². The highest BCUT2D eigenvalue weighted by atomic mass is 16.6. The molecule has 0 aliphatic carbocycles. The lowest BCUT2D eigenvalue weighted by Gasteiger charge is -2.15. The van der Waals surface area contributed by atoms with Crippen LogP contribution < -0.4 is 0 Å². The predicted molar refractivity (Wildman–Crippen MR) is 140 cm³/mol. The summed E-state index contributed by atoms with van der Waals surface area (Å²) < 4.78 is 0. The smallest absolute Gasteiger partial charge is 0.269 e. The molecule has 0 aliphatic rings. The molecule has 8 heteroatoms. The molecule has 0 saturated carbocycles. The normalized spacial score (nSPS) is 10.9. The van der Waals surface area contributed by atoms with Gasteiger partial charge in [0.05, 0.1) is 27.4 Å². The molecule has 0 unspecified atom stereocenters. The third kappa shape index (κ3) is 3.41. The van der Waals surface area contributed by atoms with Crippen molar-refractivity contribution in [3.05, 3.63) is 106 Å². The van der Waals surface area contributed by atoms with E-state index in [4.69, 9.17) is 4.98 Å². The number of rotatable bonds is 4. The van der Waals surface area contributed by atoms with Gasteiger partial charge in [-0.1, -0.05) is 36.4 Å². The molecule has 0 amide bonds. The van der Waals surface area contributed by atoms with E-state index in [0.29, 0.717) is 22.5 Å². The van der Waals surface area contributed by atoms with Gasteiger partial charge in [-0.3, -0.25) is 10.1 Å². The molecule has 6 aromatic rings. The molecule has 174 valence electrons. The summed E-state index contributed by atoms with van der Waals surface area (Å²) in [6, 6.07) is 25.8. The zero-order valence-corrected chi connectivity index (χ0v) is 19.2. The van der Waals surface area contributed by atoms with Gasteiger partial charge in [-0.2, -0.15) is 10.5 Å². The van der Waals surface area contributed by atoms with Gasteiger partial charge in [0.25, 0.3) is 5.69 Å². The van der Waals surface area contributed by atoms with E-state index in [1.807, 2.05) is 48.5 Å². The molecule has 0 aliphatic heterocycles. The zero-order valence-electron chi connectivity index (χ0n) is 19.2. The molecule has 0 saturated heterocycles. The maximum absolute atomic E-state index is 11.2. The van der Waals surface area contributed by atoms with Crippen LogP contribution in [0.2, 0.25) is 0 Å². The van der Waals surface area contributed by atoms with Gasteiger partial charge in [-0.05, 0) is 29.8 Å². The highest BCUT2D eigenvalue weighted by Gasteiger charge is 2.26. The predicted octanol–water partition coefficient (Wildman–Crippen LogP) is 6.70. The molecular formula is C29H16N6O2. The van der Waals surface area contributed by atoms with Crippen LogP contribution in [0.5, 0.6) is 0 Å². The number of nitriles is 2. The zero-order chi connectivity index (χ0) is 25.5. The van der Waals surface area contributed by atoms with Crippen molar-refractivity contribution in [2.45, 2.75) is 0 Å². The Balaban J connectivity index is 1.74.